The summed E-state index contributed by atoms with van der Waals surface area (Å²) in [5, 5.41) is 1.40. The van der Waals surface area contributed by atoms with Gasteiger partial charge in [0.05, 0.1) is 11.4 Å². The zero-order valence-electron chi connectivity index (χ0n) is 14.7. The number of para-hydroxylation sites is 1. The number of imide groups is 1. The van der Waals surface area contributed by atoms with E-state index in [1.165, 1.54) is 4.90 Å². The van der Waals surface area contributed by atoms with Crippen molar-refractivity contribution in [1.82, 2.24) is 9.47 Å². The van der Waals surface area contributed by atoms with Gasteiger partial charge in [-0.2, -0.15) is 0 Å². The SMILES string of the molecule is CCn1cc(/C=C2\SC(=O)N(Cc3cccc(Cl)c3)C2=O)c2ccccc21. The van der Waals surface area contributed by atoms with Crippen LogP contribution in [0.4, 0.5) is 4.79 Å². The molecule has 1 aliphatic heterocycles. The Kier molecular flexibility index (Phi) is 4.81. The zero-order valence-corrected chi connectivity index (χ0v) is 16.3. The average molecular weight is 397 g/mol. The first kappa shape index (κ1) is 17.9. The number of benzene rings is 2. The first-order valence-electron chi connectivity index (χ1n) is 8.64. The van der Waals surface area contributed by atoms with Crippen molar-refractivity contribution >= 4 is 51.5 Å². The molecule has 27 heavy (non-hydrogen) atoms. The predicted octanol–water partition coefficient (Wildman–Crippen LogP) is 5.55. The molecule has 0 unspecified atom stereocenters. The quantitative estimate of drug-likeness (QED) is 0.543. The Morgan fingerprint density at radius 1 is 1.11 bits per heavy atom. The Hall–Kier alpha value is -2.50. The second-order valence-corrected chi connectivity index (χ2v) is 7.72. The number of amides is 2. The number of nitrogens with zero attached hydrogens (tertiary/aromatic N) is 2. The fraction of sp³-hybridized carbons (Fsp3) is 0.143. The maximum Gasteiger partial charge on any atom is 0.293 e. The fourth-order valence-electron chi connectivity index (χ4n) is 3.25. The summed E-state index contributed by atoms with van der Waals surface area (Å²) in [5.41, 5.74) is 2.89. The largest absolute Gasteiger partial charge is 0.347 e. The lowest BCUT2D eigenvalue weighted by molar-refractivity contribution is -0.123. The normalized spacial score (nSPS) is 16.1. The van der Waals surface area contributed by atoms with Crippen molar-refractivity contribution in [3.05, 3.63) is 75.8 Å². The van der Waals surface area contributed by atoms with Crippen LogP contribution in [0.25, 0.3) is 17.0 Å². The van der Waals surface area contributed by atoms with Gasteiger partial charge in [0.1, 0.15) is 0 Å². The molecule has 0 bridgehead atoms. The van der Waals surface area contributed by atoms with E-state index in [0.29, 0.717) is 9.93 Å². The second kappa shape index (κ2) is 7.25. The van der Waals surface area contributed by atoms with E-state index < -0.39 is 0 Å². The summed E-state index contributed by atoms with van der Waals surface area (Å²) in [4.78, 5) is 26.9. The van der Waals surface area contributed by atoms with Gasteiger partial charge in [-0.15, -0.1) is 0 Å². The van der Waals surface area contributed by atoms with Crippen LogP contribution in [-0.4, -0.2) is 20.6 Å². The minimum atomic E-state index is -0.265. The highest BCUT2D eigenvalue weighted by Crippen LogP contribution is 2.35. The molecule has 1 fully saturated rings. The Balaban J connectivity index is 1.66. The molecule has 136 valence electrons. The maximum absolute atomic E-state index is 12.8. The zero-order chi connectivity index (χ0) is 19.0. The van der Waals surface area contributed by atoms with Gasteiger partial charge in [-0.3, -0.25) is 14.5 Å². The summed E-state index contributed by atoms with van der Waals surface area (Å²) in [6.45, 7) is 3.14. The van der Waals surface area contributed by atoms with Crippen molar-refractivity contribution in [3.8, 4) is 0 Å². The number of fused-ring (bicyclic) bond motifs is 1. The van der Waals surface area contributed by atoms with E-state index in [1.807, 2.05) is 42.6 Å². The maximum atomic E-state index is 12.8. The number of aryl methyl sites for hydroxylation is 1. The molecule has 0 saturated carbocycles. The topological polar surface area (TPSA) is 42.3 Å². The van der Waals surface area contributed by atoms with Gasteiger partial charge >= 0.3 is 0 Å². The molecule has 1 saturated heterocycles. The average Bonchev–Trinajstić information content (AvgIpc) is 3.15. The van der Waals surface area contributed by atoms with Crippen LogP contribution < -0.4 is 0 Å². The van der Waals surface area contributed by atoms with Crippen LogP contribution in [0.3, 0.4) is 0 Å². The third kappa shape index (κ3) is 3.40. The van der Waals surface area contributed by atoms with Crippen LogP contribution in [-0.2, 0) is 17.9 Å². The molecule has 1 aromatic heterocycles. The molecule has 0 spiro atoms. The smallest absolute Gasteiger partial charge is 0.293 e. The predicted molar refractivity (Wildman–Crippen MR) is 111 cm³/mol. The summed E-state index contributed by atoms with van der Waals surface area (Å²) in [6, 6.07) is 15.3. The molecular formula is C21H17ClN2O2S. The van der Waals surface area contributed by atoms with Crippen LogP contribution in [0.2, 0.25) is 5.02 Å². The molecule has 6 heteroatoms. The highest BCUT2D eigenvalue weighted by molar-refractivity contribution is 8.18. The Bertz CT molecular complexity index is 1090. The van der Waals surface area contributed by atoms with Gasteiger partial charge in [-0.1, -0.05) is 41.9 Å². The van der Waals surface area contributed by atoms with Gasteiger partial charge in [0.25, 0.3) is 11.1 Å². The minimum absolute atomic E-state index is 0.222. The number of carbonyl (C=O) groups excluding carboxylic acids is 2. The molecule has 2 heterocycles. The molecule has 0 N–H and O–H groups in total. The lowest BCUT2D eigenvalue weighted by Gasteiger charge is -2.12. The number of aromatic nitrogens is 1. The van der Waals surface area contributed by atoms with Gasteiger partial charge in [0.15, 0.2) is 0 Å². The van der Waals surface area contributed by atoms with Gasteiger partial charge in [0.2, 0.25) is 0 Å². The molecule has 2 amide bonds. The fourth-order valence-corrected chi connectivity index (χ4v) is 4.29. The summed E-state index contributed by atoms with van der Waals surface area (Å²) >= 11 is 6.99. The van der Waals surface area contributed by atoms with Crippen molar-refractivity contribution in [1.29, 1.82) is 0 Å². The number of hydrogen-bond donors (Lipinski definition) is 0. The molecule has 0 atom stereocenters. The van der Waals surface area contributed by atoms with Gasteiger partial charge < -0.3 is 4.57 Å². The standard InChI is InChI=1S/C21H17ClN2O2S/c1-2-23-13-15(17-8-3-4-9-18(17)23)11-19-20(25)24(21(26)27-19)12-14-6-5-7-16(22)10-14/h3-11,13H,2,12H2,1H3/b19-11-. The summed E-state index contributed by atoms with van der Waals surface area (Å²) < 4.78 is 2.14. The molecule has 0 radical (unpaired) electrons. The Morgan fingerprint density at radius 2 is 1.93 bits per heavy atom. The molecular weight excluding hydrogens is 380 g/mol. The molecule has 2 aromatic carbocycles. The Labute approximate surface area is 166 Å². The van der Waals surface area contributed by atoms with E-state index >= 15 is 0 Å². The Morgan fingerprint density at radius 3 is 2.70 bits per heavy atom. The molecule has 4 nitrogen and oxygen atoms in total. The number of rotatable bonds is 4. The number of carbonyl (C=O) groups is 2. The molecule has 1 aliphatic rings. The molecule has 4 rings (SSSR count). The summed E-state index contributed by atoms with van der Waals surface area (Å²) in [5.74, 6) is -0.265. The van der Waals surface area contributed by atoms with Crippen LogP contribution in [0, 0.1) is 0 Å². The van der Waals surface area contributed by atoms with E-state index in [4.69, 9.17) is 11.6 Å². The van der Waals surface area contributed by atoms with Crippen LogP contribution in [0.1, 0.15) is 18.1 Å². The van der Waals surface area contributed by atoms with Crippen LogP contribution >= 0.6 is 23.4 Å². The highest BCUT2D eigenvalue weighted by Gasteiger charge is 2.35. The monoisotopic (exact) mass is 396 g/mol. The van der Waals surface area contributed by atoms with Gasteiger partial charge in [0, 0.05) is 34.2 Å². The summed E-state index contributed by atoms with van der Waals surface area (Å²) in [6.07, 6.45) is 3.84. The lowest BCUT2D eigenvalue weighted by atomic mass is 10.1. The van der Waals surface area contributed by atoms with E-state index in [1.54, 1.807) is 12.1 Å². The van der Waals surface area contributed by atoms with Crippen molar-refractivity contribution in [2.24, 2.45) is 0 Å². The van der Waals surface area contributed by atoms with E-state index in [9.17, 15) is 9.59 Å². The van der Waals surface area contributed by atoms with Crippen molar-refractivity contribution < 1.29 is 9.59 Å². The third-order valence-electron chi connectivity index (χ3n) is 4.55. The van der Waals surface area contributed by atoms with Crippen LogP contribution in [0.15, 0.2) is 59.6 Å². The third-order valence-corrected chi connectivity index (χ3v) is 5.69. The van der Waals surface area contributed by atoms with E-state index in [2.05, 4.69) is 17.6 Å². The number of thioether (sulfide) groups is 1. The first-order chi connectivity index (χ1) is 13.1. The highest BCUT2D eigenvalue weighted by atomic mass is 35.5. The van der Waals surface area contributed by atoms with Crippen molar-refractivity contribution in [3.63, 3.8) is 0 Å². The molecule has 0 aliphatic carbocycles. The molecule has 3 aromatic rings. The van der Waals surface area contributed by atoms with Gasteiger partial charge in [-0.05, 0) is 48.5 Å². The first-order valence-corrected chi connectivity index (χ1v) is 9.84. The van der Waals surface area contributed by atoms with Crippen molar-refractivity contribution in [2.45, 2.75) is 20.0 Å². The number of hydrogen-bond acceptors (Lipinski definition) is 3. The van der Waals surface area contributed by atoms with E-state index in [-0.39, 0.29) is 17.7 Å². The van der Waals surface area contributed by atoms with Gasteiger partial charge in [-0.25, -0.2) is 0 Å². The summed E-state index contributed by atoms with van der Waals surface area (Å²) in [7, 11) is 0. The lowest BCUT2D eigenvalue weighted by Crippen LogP contribution is -2.27. The minimum Gasteiger partial charge on any atom is -0.347 e. The van der Waals surface area contributed by atoms with Crippen molar-refractivity contribution in [2.75, 3.05) is 0 Å². The number of halogens is 1. The van der Waals surface area contributed by atoms with Crippen LogP contribution in [0.5, 0.6) is 0 Å². The van der Waals surface area contributed by atoms with E-state index in [0.717, 1.165) is 40.3 Å². The second-order valence-electron chi connectivity index (χ2n) is 6.29.